The summed E-state index contributed by atoms with van der Waals surface area (Å²) in [5.74, 6) is 0.959. The Morgan fingerprint density at radius 1 is 1.24 bits per heavy atom. The Labute approximate surface area is 106 Å². The summed E-state index contributed by atoms with van der Waals surface area (Å²) in [5.41, 5.74) is 0. The largest absolute Gasteiger partial charge is 0.356 e. The summed E-state index contributed by atoms with van der Waals surface area (Å²) in [6.07, 6.45) is 4.85. The molecule has 4 heteroatoms. The Bertz CT molecular complexity index is 219. The van der Waals surface area contributed by atoms with E-state index >= 15 is 0 Å². The standard InChI is InChI=1S/C13H28N4/c1-4-8-15-13(14-3)16-12-6-10-17(9-5-2)11-7-12/h12H,4-11H2,1-3H3,(H2,14,15,16). The molecule has 2 N–H and O–H groups in total. The van der Waals surface area contributed by atoms with Crippen molar-refractivity contribution in [1.29, 1.82) is 0 Å². The molecule has 1 fully saturated rings. The Morgan fingerprint density at radius 3 is 2.47 bits per heavy atom. The van der Waals surface area contributed by atoms with Gasteiger partial charge in [-0.1, -0.05) is 13.8 Å². The van der Waals surface area contributed by atoms with Crippen molar-refractivity contribution < 1.29 is 0 Å². The van der Waals surface area contributed by atoms with E-state index < -0.39 is 0 Å². The Hall–Kier alpha value is -0.770. The fourth-order valence-corrected chi connectivity index (χ4v) is 2.25. The van der Waals surface area contributed by atoms with Crippen LogP contribution in [0.4, 0.5) is 0 Å². The minimum atomic E-state index is 0.589. The first-order chi connectivity index (χ1) is 8.30. The first-order valence-electron chi connectivity index (χ1n) is 6.99. The van der Waals surface area contributed by atoms with Gasteiger partial charge in [0.25, 0.3) is 0 Å². The molecule has 1 aliphatic heterocycles. The molecule has 1 aliphatic rings. The molecule has 0 radical (unpaired) electrons. The lowest BCUT2D eigenvalue weighted by Crippen LogP contribution is -2.48. The molecule has 1 saturated heterocycles. The van der Waals surface area contributed by atoms with Gasteiger partial charge in [0, 0.05) is 32.7 Å². The van der Waals surface area contributed by atoms with Gasteiger partial charge in [0.2, 0.25) is 0 Å². The quantitative estimate of drug-likeness (QED) is 0.564. The van der Waals surface area contributed by atoms with Crippen LogP contribution in [0.3, 0.4) is 0 Å². The lowest BCUT2D eigenvalue weighted by atomic mass is 10.1. The van der Waals surface area contributed by atoms with Crippen LogP contribution < -0.4 is 10.6 Å². The second-order valence-electron chi connectivity index (χ2n) is 4.76. The van der Waals surface area contributed by atoms with Crippen molar-refractivity contribution in [2.45, 2.75) is 45.6 Å². The maximum absolute atomic E-state index is 4.26. The van der Waals surface area contributed by atoms with Gasteiger partial charge >= 0.3 is 0 Å². The van der Waals surface area contributed by atoms with Gasteiger partial charge in [0.1, 0.15) is 0 Å². The van der Waals surface area contributed by atoms with E-state index in [0.717, 1.165) is 18.9 Å². The first kappa shape index (κ1) is 14.3. The highest BCUT2D eigenvalue weighted by atomic mass is 15.2. The molecular formula is C13H28N4. The van der Waals surface area contributed by atoms with E-state index in [4.69, 9.17) is 0 Å². The molecular weight excluding hydrogens is 212 g/mol. The molecule has 0 saturated carbocycles. The Morgan fingerprint density at radius 2 is 1.94 bits per heavy atom. The van der Waals surface area contributed by atoms with E-state index in [9.17, 15) is 0 Å². The second-order valence-corrected chi connectivity index (χ2v) is 4.76. The van der Waals surface area contributed by atoms with Gasteiger partial charge in [-0.2, -0.15) is 0 Å². The van der Waals surface area contributed by atoms with Gasteiger partial charge in [-0.25, -0.2) is 0 Å². The molecule has 17 heavy (non-hydrogen) atoms. The monoisotopic (exact) mass is 240 g/mol. The summed E-state index contributed by atoms with van der Waals surface area (Å²) in [4.78, 5) is 6.81. The van der Waals surface area contributed by atoms with Crippen LogP contribution >= 0.6 is 0 Å². The molecule has 4 nitrogen and oxygen atoms in total. The summed E-state index contributed by atoms with van der Waals surface area (Å²) in [6, 6.07) is 0.589. The fourth-order valence-electron chi connectivity index (χ4n) is 2.25. The predicted molar refractivity (Wildman–Crippen MR) is 74.5 cm³/mol. The third kappa shape index (κ3) is 5.39. The molecule has 0 unspecified atom stereocenters. The molecule has 0 aliphatic carbocycles. The zero-order valence-corrected chi connectivity index (χ0v) is 11.6. The van der Waals surface area contributed by atoms with Crippen LogP contribution in [0.1, 0.15) is 39.5 Å². The number of rotatable bonds is 5. The van der Waals surface area contributed by atoms with Crippen LogP contribution in [0.2, 0.25) is 0 Å². The van der Waals surface area contributed by atoms with Crippen LogP contribution in [0, 0.1) is 0 Å². The number of aliphatic imine (C=N–C) groups is 1. The number of piperidine rings is 1. The number of likely N-dealkylation sites (tertiary alicyclic amines) is 1. The van der Waals surface area contributed by atoms with Crippen molar-refractivity contribution in [3.05, 3.63) is 0 Å². The zero-order chi connectivity index (χ0) is 12.5. The number of nitrogens with one attached hydrogen (secondary N) is 2. The van der Waals surface area contributed by atoms with E-state index in [1.54, 1.807) is 0 Å². The van der Waals surface area contributed by atoms with E-state index in [1.807, 2.05) is 7.05 Å². The fraction of sp³-hybridized carbons (Fsp3) is 0.923. The SMILES string of the molecule is CCCNC(=NC)NC1CCN(CCC)CC1. The summed E-state index contributed by atoms with van der Waals surface area (Å²) in [6.45, 7) is 9.10. The molecule has 1 heterocycles. The van der Waals surface area contributed by atoms with Crippen LogP contribution in [0.25, 0.3) is 0 Å². The Kier molecular flexibility index (Phi) is 7.01. The minimum absolute atomic E-state index is 0.589. The topological polar surface area (TPSA) is 39.7 Å². The average Bonchev–Trinajstić information content (AvgIpc) is 2.37. The molecule has 0 bridgehead atoms. The van der Waals surface area contributed by atoms with Gasteiger partial charge in [-0.05, 0) is 32.2 Å². The van der Waals surface area contributed by atoms with Crippen molar-refractivity contribution in [2.24, 2.45) is 4.99 Å². The number of guanidine groups is 1. The highest BCUT2D eigenvalue weighted by Gasteiger charge is 2.18. The lowest BCUT2D eigenvalue weighted by Gasteiger charge is -2.32. The molecule has 0 aromatic carbocycles. The lowest BCUT2D eigenvalue weighted by molar-refractivity contribution is 0.206. The van der Waals surface area contributed by atoms with Crippen LogP contribution in [0.15, 0.2) is 4.99 Å². The molecule has 0 spiro atoms. The third-order valence-corrected chi connectivity index (χ3v) is 3.23. The summed E-state index contributed by atoms with van der Waals surface area (Å²) >= 11 is 0. The smallest absolute Gasteiger partial charge is 0.191 e. The van der Waals surface area contributed by atoms with Gasteiger partial charge in [-0.3, -0.25) is 4.99 Å². The Balaban J connectivity index is 2.24. The highest BCUT2D eigenvalue weighted by molar-refractivity contribution is 5.79. The normalized spacial score (nSPS) is 19.4. The predicted octanol–water partition coefficient (Wildman–Crippen LogP) is 1.44. The van der Waals surface area contributed by atoms with E-state index in [1.165, 1.54) is 38.9 Å². The van der Waals surface area contributed by atoms with E-state index in [2.05, 4.69) is 34.4 Å². The van der Waals surface area contributed by atoms with Crippen molar-refractivity contribution in [3.8, 4) is 0 Å². The average molecular weight is 240 g/mol. The molecule has 0 aromatic rings. The summed E-state index contributed by atoms with van der Waals surface area (Å²) in [7, 11) is 1.84. The van der Waals surface area contributed by atoms with Crippen LogP contribution in [0.5, 0.6) is 0 Å². The van der Waals surface area contributed by atoms with Crippen molar-refractivity contribution in [3.63, 3.8) is 0 Å². The van der Waals surface area contributed by atoms with Gasteiger partial charge in [0.05, 0.1) is 0 Å². The maximum Gasteiger partial charge on any atom is 0.191 e. The first-order valence-corrected chi connectivity index (χ1v) is 6.99. The van der Waals surface area contributed by atoms with Crippen LogP contribution in [-0.2, 0) is 0 Å². The zero-order valence-electron chi connectivity index (χ0n) is 11.6. The number of hydrogen-bond donors (Lipinski definition) is 2. The minimum Gasteiger partial charge on any atom is -0.356 e. The molecule has 0 aromatic heterocycles. The molecule has 100 valence electrons. The second kappa shape index (κ2) is 8.34. The summed E-state index contributed by atoms with van der Waals surface area (Å²) < 4.78 is 0. The van der Waals surface area contributed by atoms with E-state index in [-0.39, 0.29) is 0 Å². The van der Waals surface area contributed by atoms with Gasteiger partial charge in [-0.15, -0.1) is 0 Å². The molecule has 0 atom stereocenters. The van der Waals surface area contributed by atoms with Crippen LogP contribution in [-0.4, -0.2) is 50.1 Å². The number of nitrogens with zero attached hydrogens (tertiary/aromatic N) is 2. The highest BCUT2D eigenvalue weighted by Crippen LogP contribution is 2.10. The summed E-state index contributed by atoms with van der Waals surface area (Å²) in [5, 5.41) is 6.84. The third-order valence-electron chi connectivity index (χ3n) is 3.23. The molecule has 1 rings (SSSR count). The van der Waals surface area contributed by atoms with Crippen molar-refractivity contribution >= 4 is 5.96 Å². The van der Waals surface area contributed by atoms with Gasteiger partial charge in [0.15, 0.2) is 5.96 Å². The van der Waals surface area contributed by atoms with Gasteiger partial charge < -0.3 is 15.5 Å². The molecule has 0 amide bonds. The maximum atomic E-state index is 4.26. The van der Waals surface area contributed by atoms with Crippen molar-refractivity contribution in [2.75, 3.05) is 33.2 Å². The van der Waals surface area contributed by atoms with E-state index in [0.29, 0.717) is 6.04 Å². The number of hydrogen-bond acceptors (Lipinski definition) is 2. The van der Waals surface area contributed by atoms with Crippen molar-refractivity contribution in [1.82, 2.24) is 15.5 Å².